The van der Waals surface area contributed by atoms with Crippen molar-refractivity contribution in [1.82, 2.24) is 19.4 Å². The topological polar surface area (TPSA) is 107 Å². The molecule has 34 heavy (non-hydrogen) atoms. The maximum absolute atomic E-state index is 14.0. The SMILES string of the molecule is CCC1CCC2(CC1)NC(=O)N(CC(=O)N1CCN(S(=O)(=O)c3ccc(F)cc3F)CC1)C2=O. The molecule has 2 heterocycles. The van der Waals surface area contributed by atoms with Gasteiger partial charge in [-0.15, -0.1) is 0 Å². The number of urea groups is 1. The van der Waals surface area contributed by atoms with Gasteiger partial charge in [0, 0.05) is 32.2 Å². The summed E-state index contributed by atoms with van der Waals surface area (Å²) in [5.74, 6) is -2.38. The fraction of sp³-hybridized carbons (Fsp3) is 0.591. The van der Waals surface area contributed by atoms with Crippen molar-refractivity contribution in [2.24, 2.45) is 5.92 Å². The highest BCUT2D eigenvalue weighted by molar-refractivity contribution is 7.89. The summed E-state index contributed by atoms with van der Waals surface area (Å²) < 4.78 is 53.6. The number of nitrogens with one attached hydrogen (secondary N) is 1. The minimum Gasteiger partial charge on any atom is -0.338 e. The number of benzene rings is 1. The van der Waals surface area contributed by atoms with Crippen LogP contribution in [0.3, 0.4) is 0 Å². The van der Waals surface area contributed by atoms with E-state index in [1.165, 1.54) is 4.90 Å². The minimum atomic E-state index is -4.20. The van der Waals surface area contributed by atoms with Gasteiger partial charge in [-0.25, -0.2) is 22.0 Å². The van der Waals surface area contributed by atoms with Crippen LogP contribution in [0.15, 0.2) is 23.1 Å². The molecule has 0 radical (unpaired) electrons. The normalized spacial score (nSPS) is 26.3. The standard InChI is InChI=1S/C22H28F2N4O5S/c1-2-15-5-7-22(8-6-15)20(30)28(21(31)25-22)14-19(29)26-9-11-27(12-10-26)34(32,33)18-4-3-16(23)13-17(18)24/h3-4,13,15H,2,5-12,14H2,1H3,(H,25,31). The molecule has 186 valence electrons. The molecule has 4 amide bonds. The fourth-order valence-electron chi connectivity index (χ4n) is 4.97. The van der Waals surface area contributed by atoms with Crippen LogP contribution in [0.25, 0.3) is 0 Å². The van der Waals surface area contributed by atoms with E-state index >= 15 is 0 Å². The van der Waals surface area contributed by atoms with E-state index in [9.17, 15) is 31.6 Å². The molecular weight excluding hydrogens is 470 g/mol. The van der Waals surface area contributed by atoms with E-state index in [0.717, 1.165) is 40.6 Å². The van der Waals surface area contributed by atoms with Crippen molar-refractivity contribution in [3.05, 3.63) is 29.8 Å². The molecule has 12 heteroatoms. The third-order valence-electron chi connectivity index (χ3n) is 7.18. The highest BCUT2D eigenvalue weighted by Gasteiger charge is 2.52. The molecule has 0 aromatic heterocycles. The quantitative estimate of drug-likeness (QED) is 0.622. The number of hydrogen-bond acceptors (Lipinski definition) is 5. The summed E-state index contributed by atoms with van der Waals surface area (Å²) in [6.45, 7) is 1.55. The van der Waals surface area contributed by atoms with Gasteiger partial charge in [0.25, 0.3) is 5.91 Å². The lowest BCUT2D eigenvalue weighted by Crippen LogP contribution is -2.53. The molecule has 1 aromatic carbocycles. The number of piperazine rings is 1. The van der Waals surface area contributed by atoms with Gasteiger partial charge in [-0.05, 0) is 43.7 Å². The molecule has 2 aliphatic heterocycles. The molecule has 1 aromatic rings. The van der Waals surface area contributed by atoms with Crippen molar-refractivity contribution in [2.75, 3.05) is 32.7 Å². The molecule has 0 bridgehead atoms. The summed E-state index contributed by atoms with van der Waals surface area (Å²) in [6, 6.07) is 1.67. The van der Waals surface area contributed by atoms with Crippen LogP contribution >= 0.6 is 0 Å². The van der Waals surface area contributed by atoms with Gasteiger partial charge in [-0.2, -0.15) is 4.31 Å². The molecule has 1 aliphatic carbocycles. The first kappa shape index (κ1) is 24.5. The maximum atomic E-state index is 14.0. The van der Waals surface area contributed by atoms with E-state index in [-0.39, 0.29) is 32.1 Å². The molecule has 3 fully saturated rings. The van der Waals surface area contributed by atoms with Gasteiger partial charge < -0.3 is 10.2 Å². The Hall–Kier alpha value is -2.60. The predicted octanol–water partition coefficient (Wildman–Crippen LogP) is 1.69. The summed E-state index contributed by atoms with van der Waals surface area (Å²) >= 11 is 0. The van der Waals surface area contributed by atoms with Crippen molar-refractivity contribution < 1.29 is 31.6 Å². The molecule has 3 aliphatic rings. The van der Waals surface area contributed by atoms with E-state index in [1.807, 2.05) is 0 Å². The zero-order valence-corrected chi connectivity index (χ0v) is 19.7. The Balaban J connectivity index is 1.36. The van der Waals surface area contributed by atoms with E-state index in [4.69, 9.17) is 0 Å². The summed E-state index contributed by atoms with van der Waals surface area (Å²) in [5.41, 5.74) is -0.935. The second kappa shape index (κ2) is 9.21. The van der Waals surface area contributed by atoms with Crippen molar-refractivity contribution in [1.29, 1.82) is 0 Å². The van der Waals surface area contributed by atoms with E-state index < -0.39 is 50.6 Å². The Kier molecular flexibility index (Phi) is 6.65. The third kappa shape index (κ3) is 4.40. The van der Waals surface area contributed by atoms with Crippen LogP contribution in [0.1, 0.15) is 39.0 Å². The van der Waals surface area contributed by atoms with Gasteiger partial charge in [0.2, 0.25) is 15.9 Å². The van der Waals surface area contributed by atoms with Crippen LogP contribution in [0.4, 0.5) is 13.6 Å². The van der Waals surface area contributed by atoms with Gasteiger partial charge in [0.1, 0.15) is 28.6 Å². The Morgan fingerprint density at radius 1 is 1.12 bits per heavy atom. The van der Waals surface area contributed by atoms with Crippen LogP contribution in [-0.2, 0) is 19.6 Å². The monoisotopic (exact) mass is 498 g/mol. The van der Waals surface area contributed by atoms with E-state index in [0.29, 0.717) is 24.8 Å². The smallest absolute Gasteiger partial charge is 0.325 e. The van der Waals surface area contributed by atoms with Crippen LogP contribution in [-0.4, -0.2) is 78.6 Å². The molecule has 1 saturated carbocycles. The molecule has 4 rings (SSSR count). The number of sulfonamides is 1. The third-order valence-corrected chi connectivity index (χ3v) is 9.11. The number of nitrogens with zero attached hydrogens (tertiary/aromatic N) is 3. The minimum absolute atomic E-state index is 0.0217. The number of amides is 4. The first-order chi connectivity index (χ1) is 16.1. The predicted molar refractivity (Wildman–Crippen MR) is 117 cm³/mol. The van der Waals surface area contributed by atoms with Gasteiger partial charge in [-0.3, -0.25) is 14.5 Å². The maximum Gasteiger partial charge on any atom is 0.325 e. The van der Waals surface area contributed by atoms with E-state index in [1.54, 1.807) is 0 Å². The van der Waals surface area contributed by atoms with Gasteiger partial charge in [-0.1, -0.05) is 13.3 Å². The number of halogens is 2. The summed E-state index contributed by atoms with van der Waals surface area (Å²) in [4.78, 5) is 40.0. The molecule has 0 unspecified atom stereocenters. The lowest BCUT2D eigenvalue weighted by Gasteiger charge is -2.35. The number of carbonyl (C=O) groups excluding carboxylic acids is 3. The largest absolute Gasteiger partial charge is 0.338 e. The summed E-state index contributed by atoms with van der Waals surface area (Å²) in [6.07, 6.45) is 3.81. The van der Waals surface area contributed by atoms with Crippen LogP contribution < -0.4 is 5.32 Å². The average molecular weight is 499 g/mol. The van der Waals surface area contributed by atoms with Crippen molar-refractivity contribution in [3.8, 4) is 0 Å². The number of imide groups is 1. The van der Waals surface area contributed by atoms with Crippen LogP contribution in [0, 0.1) is 17.6 Å². The molecule has 9 nitrogen and oxygen atoms in total. The first-order valence-electron chi connectivity index (χ1n) is 11.4. The van der Waals surface area contributed by atoms with Crippen molar-refractivity contribution in [3.63, 3.8) is 0 Å². The van der Waals surface area contributed by atoms with Crippen molar-refractivity contribution in [2.45, 2.75) is 49.5 Å². The molecule has 1 spiro atoms. The highest BCUT2D eigenvalue weighted by atomic mass is 32.2. The summed E-state index contributed by atoms with van der Waals surface area (Å²) in [7, 11) is -4.20. The van der Waals surface area contributed by atoms with Crippen LogP contribution in [0.5, 0.6) is 0 Å². The zero-order chi connectivity index (χ0) is 24.7. The summed E-state index contributed by atoms with van der Waals surface area (Å²) in [5, 5.41) is 2.79. The average Bonchev–Trinajstić information content (AvgIpc) is 3.03. The van der Waals surface area contributed by atoms with Gasteiger partial charge in [0.05, 0.1) is 0 Å². The Morgan fingerprint density at radius 2 is 1.76 bits per heavy atom. The molecular formula is C22H28F2N4O5S. The number of hydrogen-bond donors (Lipinski definition) is 1. The van der Waals surface area contributed by atoms with Crippen LogP contribution in [0.2, 0.25) is 0 Å². The molecule has 0 atom stereocenters. The Morgan fingerprint density at radius 3 is 2.35 bits per heavy atom. The lowest BCUT2D eigenvalue weighted by atomic mass is 9.75. The number of rotatable bonds is 5. The second-order valence-electron chi connectivity index (χ2n) is 9.11. The molecule has 2 saturated heterocycles. The Labute approximate surface area is 197 Å². The lowest BCUT2D eigenvalue weighted by molar-refractivity contribution is -0.140. The van der Waals surface area contributed by atoms with Gasteiger partial charge in [0.15, 0.2) is 0 Å². The molecule has 1 N–H and O–H groups in total. The first-order valence-corrected chi connectivity index (χ1v) is 12.9. The second-order valence-corrected chi connectivity index (χ2v) is 11.0. The van der Waals surface area contributed by atoms with Gasteiger partial charge >= 0.3 is 6.03 Å². The zero-order valence-electron chi connectivity index (χ0n) is 18.9. The highest BCUT2D eigenvalue weighted by Crippen LogP contribution is 2.37. The Bertz CT molecular complexity index is 1100. The van der Waals surface area contributed by atoms with E-state index in [2.05, 4.69) is 12.2 Å². The van der Waals surface area contributed by atoms with Crippen molar-refractivity contribution >= 4 is 27.9 Å². The fourth-order valence-corrected chi connectivity index (χ4v) is 6.44. The number of carbonyl (C=O) groups is 3.